The van der Waals surface area contributed by atoms with E-state index in [1.807, 2.05) is 20.2 Å². The average molecular weight is 264 g/mol. The van der Waals surface area contributed by atoms with Gasteiger partial charge in [-0.25, -0.2) is 0 Å². The molecule has 3 aromatic rings. The summed E-state index contributed by atoms with van der Waals surface area (Å²) in [7, 11) is 4.05. The van der Waals surface area contributed by atoms with Crippen LogP contribution in [0.15, 0.2) is 48.7 Å². The summed E-state index contributed by atoms with van der Waals surface area (Å²) in [5, 5.41) is 0.967. The second-order valence-corrected chi connectivity index (χ2v) is 5.06. The van der Waals surface area contributed by atoms with Crippen LogP contribution in [0.3, 0.4) is 0 Å². The van der Waals surface area contributed by atoms with Crippen LogP contribution >= 0.6 is 0 Å². The molecule has 3 rings (SSSR count). The molecule has 3 heteroatoms. The Bertz CT molecular complexity index is 754. The number of nitrogens with zero attached hydrogens (tertiary/aromatic N) is 1. The van der Waals surface area contributed by atoms with Gasteiger partial charge in [-0.05, 0) is 35.4 Å². The number of H-pyrrole nitrogens is 1. The van der Waals surface area contributed by atoms with E-state index in [2.05, 4.69) is 46.3 Å². The highest BCUT2D eigenvalue weighted by molar-refractivity contribution is 5.99. The first kappa shape index (κ1) is 12.5. The maximum atomic E-state index is 11.0. The molecule has 0 saturated heterocycles. The first-order valence-corrected chi connectivity index (χ1v) is 6.53. The van der Waals surface area contributed by atoms with Crippen LogP contribution in [-0.4, -0.2) is 25.4 Å². The fourth-order valence-electron chi connectivity index (χ4n) is 2.37. The normalized spacial score (nSPS) is 10.7. The number of hydrogen-bond donors (Lipinski definition) is 1. The van der Waals surface area contributed by atoms with Crippen LogP contribution in [0, 0.1) is 0 Å². The molecule has 0 aliphatic heterocycles. The van der Waals surface area contributed by atoms with Crippen molar-refractivity contribution in [2.75, 3.05) is 19.0 Å². The number of hydrogen-bond acceptors (Lipinski definition) is 2. The quantitative estimate of drug-likeness (QED) is 0.732. The number of rotatable bonds is 3. The summed E-state index contributed by atoms with van der Waals surface area (Å²) < 4.78 is 0. The Kier molecular flexibility index (Phi) is 3.03. The summed E-state index contributed by atoms with van der Waals surface area (Å²) in [6, 6.07) is 14.5. The van der Waals surface area contributed by atoms with Crippen molar-refractivity contribution in [2.45, 2.75) is 0 Å². The topological polar surface area (TPSA) is 36.1 Å². The second-order valence-electron chi connectivity index (χ2n) is 5.06. The number of anilines is 1. The van der Waals surface area contributed by atoms with Gasteiger partial charge in [0.1, 0.15) is 0 Å². The molecule has 0 radical (unpaired) electrons. The summed E-state index contributed by atoms with van der Waals surface area (Å²) in [5.74, 6) is 0. The fraction of sp³-hybridized carbons (Fsp3) is 0.118. The molecule has 0 amide bonds. The standard InChI is InChI=1S/C17H16N2O/c1-19(2)15-6-3-12(4-7-15)13-5-8-17-16(9-13)14(11-20)10-18-17/h3-11,18H,1-2H3. The van der Waals surface area contributed by atoms with Crippen molar-refractivity contribution in [1.29, 1.82) is 0 Å². The van der Waals surface area contributed by atoms with Gasteiger partial charge >= 0.3 is 0 Å². The molecule has 0 bridgehead atoms. The summed E-state index contributed by atoms with van der Waals surface area (Å²) in [5.41, 5.74) is 5.12. The molecule has 1 N–H and O–H groups in total. The first-order chi connectivity index (χ1) is 9.69. The number of aromatic nitrogens is 1. The highest BCUT2D eigenvalue weighted by Crippen LogP contribution is 2.27. The third-order valence-corrected chi connectivity index (χ3v) is 3.56. The van der Waals surface area contributed by atoms with Crippen molar-refractivity contribution in [1.82, 2.24) is 4.98 Å². The molecule has 0 aliphatic carbocycles. The van der Waals surface area contributed by atoms with Crippen molar-refractivity contribution < 1.29 is 4.79 Å². The number of aldehydes is 1. The maximum Gasteiger partial charge on any atom is 0.152 e. The van der Waals surface area contributed by atoms with E-state index in [9.17, 15) is 4.79 Å². The number of carbonyl (C=O) groups excluding carboxylic acids is 1. The molecule has 0 atom stereocenters. The average Bonchev–Trinajstić information content (AvgIpc) is 2.89. The van der Waals surface area contributed by atoms with Gasteiger partial charge in [0.05, 0.1) is 0 Å². The first-order valence-electron chi connectivity index (χ1n) is 6.53. The number of carbonyl (C=O) groups is 1. The van der Waals surface area contributed by atoms with E-state index in [1.54, 1.807) is 6.20 Å². The van der Waals surface area contributed by atoms with Gasteiger partial charge < -0.3 is 9.88 Å². The lowest BCUT2D eigenvalue weighted by atomic mass is 10.0. The molecule has 0 fully saturated rings. The van der Waals surface area contributed by atoms with Crippen molar-refractivity contribution in [3.63, 3.8) is 0 Å². The molecule has 100 valence electrons. The summed E-state index contributed by atoms with van der Waals surface area (Å²) in [4.78, 5) is 16.2. The zero-order valence-corrected chi connectivity index (χ0v) is 11.6. The smallest absolute Gasteiger partial charge is 0.152 e. The molecule has 3 nitrogen and oxygen atoms in total. The molecule has 0 aliphatic rings. The van der Waals surface area contributed by atoms with Crippen LogP contribution in [0.4, 0.5) is 5.69 Å². The van der Waals surface area contributed by atoms with Gasteiger partial charge in [0.2, 0.25) is 0 Å². The molecule has 1 heterocycles. The molecular formula is C17H16N2O. The minimum atomic E-state index is 0.701. The molecule has 1 aromatic heterocycles. The van der Waals surface area contributed by atoms with E-state index in [0.717, 1.165) is 28.3 Å². The largest absolute Gasteiger partial charge is 0.378 e. The van der Waals surface area contributed by atoms with E-state index < -0.39 is 0 Å². The van der Waals surface area contributed by atoms with E-state index in [0.29, 0.717) is 5.56 Å². The molecular weight excluding hydrogens is 248 g/mol. The minimum absolute atomic E-state index is 0.701. The third kappa shape index (κ3) is 2.07. The van der Waals surface area contributed by atoms with Crippen LogP contribution in [0.1, 0.15) is 10.4 Å². The molecule has 20 heavy (non-hydrogen) atoms. The van der Waals surface area contributed by atoms with Crippen LogP contribution in [0.25, 0.3) is 22.0 Å². The maximum absolute atomic E-state index is 11.0. The Hall–Kier alpha value is -2.55. The lowest BCUT2D eigenvalue weighted by Crippen LogP contribution is -2.07. The lowest BCUT2D eigenvalue weighted by molar-refractivity contribution is 0.112. The van der Waals surface area contributed by atoms with Gasteiger partial charge in [-0.3, -0.25) is 4.79 Å². The summed E-state index contributed by atoms with van der Waals surface area (Å²) >= 11 is 0. The van der Waals surface area contributed by atoms with Crippen molar-refractivity contribution >= 4 is 22.9 Å². The second kappa shape index (κ2) is 4.85. The van der Waals surface area contributed by atoms with Crippen molar-refractivity contribution in [3.8, 4) is 11.1 Å². The number of fused-ring (bicyclic) bond motifs is 1. The predicted molar refractivity (Wildman–Crippen MR) is 83.4 cm³/mol. The van der Waals surface area contributed by atoms with Gasteiger partial charge in [-0.1, -0.05) is 18.2 Å². The van der Waals surface area contributed by atoms with Gasteiger partial charge in [-0.2, -0.15) is 0 Å². The predicted octanol–water partition coefficient (Wildman–Crippen LogP) is 3.71. The van der Waals surface area contributed by atoms with Crippen molar-refractivity contribution in [2.24, 2.45) is 0 Å². The van der Waals surface area contributed by atoms with E-state index >= 15 is 0 Å². The highest BCUT2D eigenvalue weighted by Gasteiger charge is 2.05. The number of aromatic amines is 1. The highest BCUT2D eigenvalue weighted by atomic mass is 16.1. The Labute approximate surface area is 117 Å². The van der Waals surface area contributed by atoms with Gasteiger partial charge in [-0.15, -0.1) is 0 Å². The molecule has 2 aromatic carbocycles. The minimum Gasteiger partial charge on any atom is -0.378 e. The third-order valence-electron chi connectivity index (χ3n) is 3.56. The Morgan fingerprint density at radius 3 is 2.35 bits per heavy atom. The monoisotopic (exact) mass is 264 g/mol. The number of nitrogens with one attached hydrogen (secondary N) is 1. The van der Waals surface area contributed by atoms with Crippen molar-refractivity contribution in [3.05, 3.63) is 54.2 Å². The van der Waals surface area contributed by atoms with E-state index in [1.165, 1.54) is 5.69 Å². The lowest BCUT2D eigenvalue weighted by Gasteiger charge is -2.12. The van der Waals surface area contributed by atoms with Gasteiger partial charge in [0, 0.05) is 42.4 Å². The Morgan fingerprint density at radius 2 is 1.70 bits per heavy atom. The summed E-state index contributed by atoms with van der Waals surface area (Å²) in [6.45, 7) is 0. The van der Waals surface area contributed by atoms with E-state index in [4.69, 9.17) is 0 Å². The molecule has 0 spiro atoms. The molecule has 0 unspecified atom stereocenters. The Balaban J connectivity index is 2.07. The summed E-state index contributed by atoms with van der Waals surface area (Å²) in [6.07, 6.45) is 2.63. The van der Waals surface area contributed by atoms with Crippen LogP contribution < -0.4 is 4.90 Å². The SMILES string of the molecule is CN(C)c1ccc(-c2ccc3[nH]cc(C=O)c3c2)cc1. The van der Waals surface area contributed by atoms with Crippen LogP contribution in [0.2, 0.25) is 0 Å². The molecule has 0 saturated carbocycles. The Morgan fingerprint density at radius 1 is 1.00 bits per heavy atom. The zero-order valence-electron chi connectivity index (χ0n) is 11.6. The van der Waals surface area contributed by atoms with Crippen LogP contribution in [0.5, 0.6) is 0 Å². The fourth-order valence-corrected chi connectivity index (χ4v) is 2.37. The number of benzene rings is 2. The van der Waals surface area contributed by atoms with Gasteiger partial charge in [0.15, 0.2) is 6.29 Å². The van der Waals surface area contributed by atoms with Crippen LogP contribution in [-0.2, 0) is 0 Å². The van der Waals surface area contributed by atoms with Gasteiger partial charge in [0.25, 0.3) is 0 Å². The zero-order chi connectivity index (χ0) is 14.1. The van der Waals surface area contributed by atoms with E-state index in [-0.39, 0.29) is 0 Å².